The molecule has 256 valence electrons. The molecule has 17 heteroatoms. The number of hydrogen-bond acceptors (Lipinski definition) is 9. The van der Waals surface area contributed by atoms with E-state index in [1.807, 2.05) is 0 Å². The number of carbonyl (C=O) groups is 1. The highest BCUT2D eigenvalue weighted by Crippen LogP contribution is 2.37. The molecule has 1 atom stereocenters. The van der Waals surface area contributed by atoms with E-state index in [9.17, 15) is 26.7 Å². The molecule has 47 heavy (non-hydrogen) atoms. The fraction of sp³-hybridized carbons (Fsp3) is 0.500. The zero-order valence-electron chi connectivity index (χ0n) is 25.4. The lowest BCUT2D eigenvalue weighted by atomic mass is 9.87. The van der Waals surface area contributed by atoms with E-state index in [1.165, 1.54) is 24.7 Å². The molecule has 0 spiro atoms. The van der Waals surface area contributed by atoms with Gasteiger partial charge in [0.25, 0.3) is 10.0 Å². The van der Waals surface area contributed by atoms with Crippen molar-refractivity contribution in [2.75, 3.05) is 31.1 Å². The Morgan fingerprint density at radius 2 is 1.62 bits per heavy atom. The molecular weight excluding hydrogens is 818 g/mol. The van der Waals surface area contributed by atoms with Gasteiger partial charge in [-0.05, 0) is 106 Å². The van der Waals surface area contributed by atoms with E-state index in [-0.39, 0.29) is 15.5 Å². The first kappa shape index (κ1) is 36.6. The molecule has 2 N–H and O–H groups in total. The normalized spacial score (nSPS) is 18.0. The molecule has 0 aliphatic carbocycles. The number of carboxylic acid groups (broad SMARTS) is 1. The van der Waals surface area contributed by atoms with Crippen LogP contribution in [0.4, 0.5) is 5.82 Å². The van der Waals surface area contributed by atoms with Gasteiger partial charge in [0.15, 0.2) is 0 Å². The van der Waals surface area contributed by atoms with Crippen LogP contribution in [-0.2, 0) is 31.3 Å². The summed E-state index contributed by atoms with van der Waals surface area (Å²) in [4.78, 5) is 22.2. The van der Waals surface area contributed by atoms with Crippen molar-refractivity contribution in [1.29, 1.82) is 0 Å². The Balaban J connectivity index is 1.06. The van der Waals surface area contributed by atoms with Crippen LogP contribution < -0.4 is 9.62 Å². The van der Waals surface area contributed by atoms with Gasteiger partial charge in [-0.15, -0.1) is 11.3 Å². The lowest BCUT2D eigenvalue weighted by molar-refractivity contribution is -0.138. The van der Waals surface area contributed by atoms with Gasteiger partial charge in [0.05, 0.1) is 4.47 Å². The molecule has 11 nitrogen and oxygen atoms in total. The van der Waals surface area contributed by atoms with Gasteiger partial charge in [0, 0.05) is 49.2 Å². The van der Waals surface area contributed by atoms with Crippen molar-refractivity contribution in [3.8, 4) is 0 Å². The summed E-state index contributed by atoms with van der Waals surface area (Å²) >= 11 is 13.9. The quantitative estimate of drug-likeness (QED) is 0.206. The average molecular weight is 854 g/mol. The molecule has 0 bridgehead atoms. The second-order valence-corrected chi connectivity index (χ2v) is 19.2. The molecule has 0 amide bonds. The van der Waals surface area contributed by atoms with E-state index in [0.29, 0.717) is 49.6 Å². The standard InChI is InChI=1S/C30H36Br2ClN5O6S3/c31-24-18-27(45-28(24)33)47(43,44)38-14-8-21(9-15-38)3-1-2-20-6-12-37(13-7-20)29-25(32)17-23(19-35-29)46(41,42)36-26(30(39)40)16-22-4-10-34-11-5-22/h4-5,10-11,17-21,26,36H,1-3,6-9,12-16H2,(H,39,40). The highest BCUT2D eigenvalue weighted by Gasteiger charge is 2.32. The van der Waals surface area contributed by atoms with Crippen molar-refractivity contribution in [2.45, 2.75) is 66.5 Å². The van der Waals surface area contributed by atoms with Gasteiger partial charge in [0.1, 0.15) is 25.3 Å². The van der Waals surface area contributed by atoms with Crippen molar-refractivity contribution in [2.24, 2.45) is 11.8 Å². The number of piperidine rings is 2. The van der Waals surface area contributed by atoms with Crippen molar-refractivity contribution in [3.05, 3.63) is 61.7 Å². The number of pyridine rings is 2. The molecule has 2 aliphatic heterocycles. The van der Waals surface area contributed by atoms with Gasteiger partial charge in [-0.3, -0.25) is 9.78 Å². The molecule has 1 unspecified atom stereocenters. The number of carboxylic acids is 1. The number of aliphatic carboxylic acids is 1. The fourth-order valence-corrected chi connectivity index (χ4v) is 12.0. The molecular formula is C30H36Br2ClN5O6S3. The van der Waals surface area contributed by atoms with Crippen LogP contribution in [-0.4, -0.2) is 74.4 Å². The van der Waals surface area contributed by atoms with Crippen LogP contribution in [0.25, 0.3) is 0 Å². The van der Waals surface area contributed by atoms with Gasteiger partial charge in [-0.25, -0.2) is 21.8 Å². The summed E-state index contributed by atoms with van der Waals surface area (Å²) in [5.41, 5.74) is 0.650. The van der Waals surface area contributed by atoms with E-state index in [1.54, 1.807) is 22.5 Å². The summed E-state index contributed by atoms with van der Waals surface area (Å²) in [5.74, 6) is 0.492. The first-order chi connectivity index (χ1) is 22.3. The minimum atomic E-state index is -4.14. The van der Waals surface area contributed by atoms with E-state index < -0.39 is 32.1 Å². The van der Waals surface area contributed by atoms with Crippen molar-refractivity contribution < 1.29 is 26.7 Å². The first-order valence-corrected chi connectivity index (χ1v) is 21.0. The van der Waals surface area contributed by atoms with E-state index in [0.717, 1.165) is 69.4 Å². The average Bonchev–Trinajstić information content (AvgIpc) is 3.40. The highest BCUT2D eigenvalue weighted by atomic mass is 79.9. The van der Waals surface area contributed by atoms with Gasteiger partial charge in [-0.2, -0.15) is 9.03 Å². The summed E-state index contributed by atoms with van der Waals surface area (Å²) in [5, 5.41) is 9.63. The monoisotopic (exact) mass is 851 g/mol. The molecule has 2 fully saturated rings. The minimum Gasteiger partial charge on any atom is -0.480 e. The Morgan fingerprint density at radius 3 is 2.17 bits per heavy atom. The molecule has 2 saturated heterocycles. The molecule has 0 aromatic carbocycles. The van der Waals surface area contributed by atoms with Crippen LogP contribution in [0.2, 0.25) is 4.34 Å². The number of anilines is 1. The molecule has 5 heterocycles. The predicted octanol–water partition coefficient (Wildman–Crippen LogP) is 6.18. The number of nitrogens with one attached hydrogen (secondary N) is 1. The third-order valence-electron chi connectivity index (χ3n) is 8.82. The largest absolute Gasteiger partial charge is 0.480 e. The Labute approximate surface area is 301 Å². The minimum absolute atomic E-state index is 0.0210. The maximum absolute atomic E-state index is 13.1. The summed E-state index contributed by atoms with van der Waals surface area (Å²) in [7, 11) is -7.66. The maximum Gasteiger partial charge on any atom is 0.322 e. The van der Waals surface area contributed by atoms with Crippen LogP contribution in [0.1, 0.15) is 50.5 Å². The SMILES string of the molecule is O=C(O)C(Cc1ccncc1)NS(=O)(=O)c1cnc(N2CCC(CCCC3CCN(S(=O)(=O)c4cc(Br)c(Cl)s4)CC3)CC2)c(Br)c1. The molecule has 0 saturated carbocycles. The Kier molecular flexibility index (Phi) is 12.4. The van der Waals surface area contributed by atoms with Gasteiger partial charge < -0.3 is 10.0 Å². The van der Waals surface area contributed by atoms with Crippen LogP contribution in [0.15, 0.2) is 60.9 Å². The molecule has 3 aromatic heterocycles. The van der Waals surface area contributed by atoms with Crippen LogP contribution in [0.5, 0.6) is 0 Å². The highest BCUT2D eigenvalue weighted by molar-refractivity contribution is 9.11. The van der Waals surface area contributed by atoms with Crippen LogP contribution in [0.3, 0.4) is 0 Å². The number of sulfonamides is 2. The second-order valence-electron chi connectivity index (χ2n) is 11.9. The summed E-state index contributed by atoms with van der Waals surface area (Å²) in [6, 6.07) is 4.99. The first-order valence-electron chi connectivity index (χ1n) is 15.3. The van der Waals surface area contributed by atoms with E-state index in [4.69, 9.17) is 11.6 Å². The molecule has 0 radical (unpaired) electrons. The summed E-state index contributed by atoms with van der Waals surface area (Å²) in [6.07, 6.45) is 11.3. The lowest BCUT2D eigenvalue weighted by Gasteiger charge is -2.34. The molecule has 3 aromatic rings. The topological polar surface area (TPSA) is 150 Å². The van der Waals surface area contributed by atoms with Crippen molar-refractivity contribution in [3.63, 3.8) is 0 Å². The van der Waals surface area contributed by atoms with Crippen LogP contribution in [0, 0.1) is 11.8 Å². The zero-order chi connectivity index (χ0) is 33.8. The Morgan fingerprint density at radius 1 is 1.00 bits per heavy atom. The number of nitrogens with zero attached hydrogens (tertiary/aromatic N) is 4. The smallest absolute Gasteiger partial charge is 0.322 e. The molecule has 5 rings (SSSR count). The van der Waals surface area contributed by atoms with Crippen molar-refractivity contribution in [1.82, 2.24) is 19.0 Å². The summed E-state index contributed by atoms with van der Waals surface area (Å²) in [6.45, 7) is 2.66. The lowest BCUT2D eigenvalue weighted by Crippen LogP contribution is -2.42. The number of halogens is 3. The predicted molar refractivity (Wildman–Crippen MR) is 189 cm³/mol. The Bertz CT molecular complexity index is 1750. The number of thiophene rings is 1. The van der Waals surface area contributed by atoms with Gasteiger partial charge >= 0.3 is 5.97 Å². The van der Waals surface area contributed by atoms with Crippen LogP contribution >= 0.6 is 54.8 Å². The zero-order valence-corrected chi connectivity index (χ0v) is 31.8. The second kappa shape index (κ2) is 15.9. The number of aromatic nitrogens is 2. The maximum atomic E-state index is 13.1. The number of hydrogen-bond donors (Lipinski definition) is 2. The van der Waals surface area contributed by atoms with Gasteiger partial charge in [0.2, 0.25) is 10.0 Å². The number of rotatable bonds is 13. The summed E-state index contributed by atoms with van der Waals surface area (Å²) < 4.78 is 57.9. The van der Waals surface area contributed by atoms with Crippen molar-refractivity contribution >= 4 is 86.6 Å². The van der Waals surface area contributed by atoms with E-state index in [2.05, 4.69) is 51.4 Å². The third kappa shape index (κ3) is 9.32. The van der Waals surface area contributed by atoms with Gasteiger partial charge in [-0.1, -0.05) is 30.9 Å². The Hall–Kier alpha value is -1.66. The fourth-order valence-electron chi connectivity index (χ4n) is 6.13. The molecule has 2 aliphatic rings. The van der Waals surface area contributed by atoms with E-state index >= 15 is 0 Å². The third-order valence-corrected chi connectivity index (χ3v) is 15.7.